The van der Waals surface area contributed by atoms with Crippen LogP contribution in [0.3, 0.4) is 0 Å². The first kappa shape index (κ1) is 29.1. The Kier molecular flexibility index (Phi) is 7.55. The smallest absolute Gasteiger partial charge is 0.0255 e. The second-order valence-corrected chi connectivity index (χ2v) is 12.6. The summed E-state index contributed by atoms with van der Waals surface area (Å²) in [6, 6.07) is 51.9. The summed E-state index contributed by atoms with van der Waals surface area (Å²) in [4.78, 5) is 0. The Hall–Kier alpha value is -6.34. The van der Waals surface area contributed by atoms with Gasteiger partial charge in [0, 0.05) is 22.3 Å². The van der Waals surface area contributed by atoms with Gasteiger partial charge in [-0.3, -0.25) is 0 Å². The molecular formula is C48H32. The van der Waals surface area contributed by atoms with Gasteiger partial charge in [-0.2, -0.15) is 0 Å². The summed E-state index contributed by atoms with van der Waals surface area (Å²) in [5.74, 6) is 13.4. The van der Waals surface area contributed by atoms with Crippen LogP contribution in [0, 0.1) is 37.5 Å². The van der Waals surface area contributed by atoms with Gasteiger partial charge < -0.3 is 0 Å². The maximum absolute atomic E-state index is 3.36. The summed E-state index contributed by atoms with van der Waals surface area (Å²) in [7, 11) is 0. The molecule has 0 aliphatic heterocycles. The number of rotatable bonds is 2. The van der Waals surface area contributed by atoms with Crippen molar-refractivity contribution in [3.63, 3.8) is 0 Å². The van der Waals surface area contributed by atoms with E-state index in [4.69, 9.17) is 0 Å². The molecule has 0 bridgehead atoms. The zero-order valence-electron chi connectivity index (χ0n) is 27.0. The van der Waals surface area contributed by atoms with Crippen LogP contribution in [0.2, 0.25) is 0 Å². The molecule has 0 radical (unpaired) electrons. The van der Waals surface area contributed by atoms with Gasteiger partial charge in [0.05, 0.1) is 0 Å². The van der Waals surface area contributed by atoms with Gasteiger partial charge >= 0.3 is 0 Å². The third-order valence-electron chi connectivity index (χ3n) is 8.89. The molecule has 8 aromatic carbocycles. The van der Waals surface area contributed by atoms with Crippen LogP contribution in [0.5, 0.6) is 0 Å². The highest BCUT2D eigenvalue weighted by molar-refractivity contribution is 5.90. The third-order valence-corrected chi connectivity index (χ3v) is 8.89. The lowest BCUT2D eigenvalue weighted by atomic mass is 10.0. The molecule has 0 aliphatic rings. The lowest BCUT2D eigenvalue weighted by molar-refractivity contribution is 1.50. The molecule has 0 heterocycles. The Morgan fingerprint density at radius 1 is 0.292 bits per heavy atom. The van der Waals surface area contributed by atoms with Gasteiger partial charge in [0.15, 0.2) is 0 Å². The Balaban J connectivity index is 0.965. The van der Waals surface area contributed by atoms with Crippen molar-refractivity contribution in [2.45, 2.75) is 13.8 Å². The van der Waals surface area contributed by atoms with Gasteiger partial charge in [0.2, 0.25) is 0 Å². The topological polar surface area (TPSA) is 0 Å². The highest BCUT2D eigenvalue weighted by atomic mass is 14.0. The predicted octanol–water partition coefficient (Wildman–Crippen LogP) is 11.9. The van der Waals surface area contributed by atoms with E-state index in [1.165, 1.54) is 65.3 Å². The molecule has 0 aliphatic carbocycles. The largest absolute Gasteiger partial charge is 0.0616 e. The van der Waals surface area contributed by atoms with Crippen molar-refractivity contribution in [2.24, 2.45) is 0 Å². The molecule has 0 amide bonds. The summed E-state index contributed by atoms with van der Waals surface area (Å²) in [6.07, 6.45) is 4.36. The molecule has 0 N–H and O–H groups in total. The van der Waals surface area contributed by atoms with Crippen LogP contribution in [0.1, 0.15) is 44.5 Å². The molecular weight excluding hydrogens is 577 g/mol. The summed E-state index contributed by atoms with van der Waals surface area (Å²) < 4.78 is 0. The molecule has 0 nitrogen and oxygen atoms in total. The summed E-state index contributed by atoms with van der Waals surface area (Å²) in [5.41, 5.74) is 8.98. The SMILES string of the molecule is Cc1ccc2cc(C#Cc3ccc4cc(/C=C/c5ccc6cc(C#Cc7ccc8cc(C)ccc8c7)ccc6c5)ccc4c3)ccc2c1. The minimum absolute atomic E-state index is 1.02. The normalized spacial score (nSPS) is 11.1. The zero-order chi connectivity index (χ0) is 32.5. The monoisotopic (exact) mass is 608 g/mol. The first-order chi connectivity index (χ1) is 23.5. The van der Waals surface area contributed by atoms with Crippen molar-refractivity contribution in [1.29, 1.82) is 0 Å². The maximum Gasteiger partial charge on any atom is 0.0255 e. The molecule has 0 heteroatoms. The molecule has 0 fully saturated rings. The van der Waals surface area contributed by atoms with Crippen molar-refractivity contribution in [3.05, 3.63) is 190 Å². The molecule has 0 aromatic heterocycles. The van der Waals surface area contributed by atoms with Gasteiger partial charge in [0.25, 0.3) is 0 Å². The van der Waals surface area contributed by atoms with Gasteiger partial charge in [-0.1, -0.05) is 132 Å². The molecule has 0 saturated heterocycles. The van der Waals surface area contributed by atoms with Gasteiger partial charge in [-0.15, -0.1) is 0 Å². The van der Waals surface area contributed by atoms with E-state index in [1.54, 1.807) is 0 Å². The van der Waals surface area contributed by atoms with Crippen LogP contribution in [-0.4, -0.2) is 0 Å². The molecule has 0 spiro atoms. The Morgan fingerprint density at radius 2 is 0.562 bits per heavy atom. The highest BCUT2D eigenvalue weighted by Gasteiger charge is 2.01. The Morgan fingerprint density at radius 3 is 0.917 bits per heavy atom. The number of hydrogen-bond acceptors (Lipinski definition) is 0. The van der Waals surface area contributed by atoms with E-state index in [9.17, 15) is 0 Å². The van der Waals surface area contributed by atoms with E-state index in [2.05, 4.69) is 195 Å². The standard InChI is InChI=1S/C48H32/c1-33-3-17-43-27-35(11-19-41(43)25-33)5-7-37-13-21-47-31-39(15-23-45(47)29-37)9-10-40-16-24-46-30-38(14-22-48(46)32-40)8-6-36-12-20-42-26-34(2)4-18-44(42)28-36/h3-4,9-32H,1-2H3/b10-9+. The van der Waals surface area contributed by atoms with Crippen LogP contribution in [-0.2, 0) is 0 Å². The zero-order valence-corrected chi connectivity index (χ0v) is 27.0. The minimum Gasteiger partial charge on any atom is -0.0616 e. The van der Waals surface area contributed by atoms with Crippen molar-refractivity contribution in [1.82, 2.24) is 0 Å². The van der Waals surface area contributed by atoms with E-state index in [0.717, 1.165) is 22.3 Å². The van der Waals surface area contributed by atoms with Crippen molar-refractivity contribution in [2.75, 3.05) is 0 Å². The summed E-state index contributed by atoms with van der Waals surface area (Å²) in [5, 5.41) is 9.72. The quantitative estimate of drug-likeness (QED) is 0.135. The van der Waals surface area contributed by atoms with Gasteiger partial charge in [0.1, 0.15) is 0 Å². The van der Waals surface area contributed by atoms with E-state index in [1.807, 2.05) is 0 Å². The van der Waals surface area contributed by atoms with Crippen LogP contribution in [0.25, 0.3) is 55.2 Å². The fourth-order valence-electron chi connectivity index (χ4n) is 6.26. The molecule has 0 unspecified atom stereocenters. The Labute approximate surface area is 282 Å². The van der Waals surface area contributed by atoms with Crippen molar-refractivity contribution < 1.29 is 0 Å². The van der Waals surface area contributed by atoms with Gasteiger partial charge in [-0.05, 0) is 129 Å². The lowest BCUT2D eigenvalue weighted by Gasteiger charge is -2.03. The number of aryl methyl sites for hydroxylation is 2. The van der Waals surface area contributed by atoms with Crippen molar-refractivity contribution in [3.8, 4) is 23.7 Å². The summed E-state index contributed by atoms with van der Waals surface area (Å²) in [6.45, 7) is 4.25. The minimum atomic E-state index is 1.02. The average molecular weight is 609 g/mol. The molecule has 48 heavy (non-hydrogen) atoms. The molecule has 8 rings (SSSR count). The second kappa shape index (κ2) is 12.5. The van der Waals surface area contributed by atoms with E-state index in [-0.39, 0.29) is 0 Å². The number of hydrogen-bond donors (Lipinski definition) is 0. The highest BCUT2D eigenvalue weighted by Crippen LogP contribution is 2.23. The third kappa shape index (κ3) is 6.34. The molecule has 8 aromatic rings. The Bertz CT molecular complexity index is 2510. The first-order valence-electron chi connectivity index (χ1n) is 16.3. The molecule has 0 saturated carbocycles. The fraction of sp³-hybridized carbons (Fsp3) is 0.0417. The summed E-state index contributed by atoms with van der Waals surface area (Å²) >= 11 is 0. The van der Waals surface area contributed by atoms with Crippen LogP contribution in [0.4, 0.5) is 0 Å². The molecule has 224 valence electrons. The second-order valence-electron chi connectivity index (χ2n) is 12.6. The van der Waals surface area contributed by atoms with E-state index >= 15 is 0 Å². The van der Waals surface area contributed by atoms with Gasteiger partial charge in [-0.25, -0.2) is 0 Å². The number of benzene rings is 8. The van der Waals surface area contributed by atoms with Crippen LogP contribution in [0.15, 0.2) is 146 Å². The first-order valence-corrected chi connectivity index (χ1v) is 16.3. The number of fused-ring (bicyclic) bond motifs is 4. The van der Waals surface area contributed by atoms with E-state index < -0.39 is 0 Å². The fourth-order valence-corrected chi connectivity index (χ4v) is 6.26. The maximum atomic E-state index is 3.36. The van der Waals surface area contributed by atoms with E-state index in [0.29, 0.717) is 0 Å². The predicted molar refractivity (Wildman–Crippen MR) is 206 cm³/mol. The molecule has 0 atom stereocenters. The van der Waals surface area contributed by atoms with Crippen molar-refractivity contribution >= 4 is 55.2 Å². The van der Waals surface area contributed by atoms with Crippen LogP contribution < -0.4 is 0 Å². The lowest BCUT2D eigenvalue weighted by Crippen LogP contribution is -1.82. The average Bonchev–Trinajstić information content (AvgIpc) is 3.12. The van der Waals surface area contributed by atoms with Crippen LogP contribution >= 0.6 is 0 Å².